The maximum atomic E-state index is 13.2. The molecule has 1 fully saturated rings. The summed E-state index contributed by atoms with van der Waals surface area (Å²) >= 11 is 0. The van der Waals surface area contributed by atoms with Gasteiger partial charge in [-0.05, 0) is 54.1 Å². The van der Waals surface area contributed by atoms with Gasteiger partial charge in [-0.1, -0.05) is 18.2 Å². The van der Waals surface area contributed by atoms with E-state index in [9.17, 15) is 35.9 Å². The number of pyridine rings is 1. The summed E-state index contributed by atoms with van der Waals surface area (Å²) in [4.78, 5) is 30.1. The van der Waals surface area contributed by atoms with E-state index in [4.69, 9.17) is 4.74 Å². The van der Waals surface area contributed by atoms with Crippen LogP contribution in [0.3, 0.4) is 0 Å². The molecule has 0 N–H and O–H groups in total. The number of hydrogen-bond acceptors (Lipinski definition) is 4. The van der Waals surface area contributed by atoms with Gasteiger partial charge in [-0.25, -0.2) is 9.69 Å². The van der Waals surface area contributed by atoms with E-state index in [0.29, 0.717) is 12.1 Å². The van der Waals surface area contributed by atoms with Crippen molar-refractivity contribution in [3.63, 3.8) is 0 Å². The zero-order valence-electron chi connectivity index (χ0n) is 18.2. The van der Waals surface area contributed by atoms with Crippen molar-refractivity contribution in [2.75, 3.05) is 0 Å². The van der Waals surface area contributed by atoms with Crippen LogP contribution < -0.4 is 0 Å². The van der Waals surface area contributed by atoms with Crippen LogP contribution in [0.4, 0.5) is 31.1 Å². The zero-order chi connectivity index (χ0) is 25.5. The number of benzene rings is 2. The number of aryl methyl sites for hydroxylation is 1. The maximum Gasteiger partial charge on any atom is 0.417 e. The van der Waals surface area contributed by atoms with Gasteiger partial charge in [0, 0.05) is 24.2 Å². The molecule has 0 bridgehead atoms. The lowest BCUT2D eigenvalue weighted by Crippen LogP contribution is -2.38. The van der Waals surface area contributed by atoms with E-state index in [-0.39, 0.29) is 18.9 Å². The van der Waals surface area contributed by atoms with Crippen molar-refractivity contribution < 1.29 is 40.7 Å². The Labute approximate surface area is 195 Å². The highest BCUT2D eigenvalue weighted by Gasteiger charge is 2.45. The van der Waals surface area contributed by atoms with Crippen molar-refractivity contribution in [1.29, 1.82) is 0 Å². The third-order valence-electron chi connectivity index (χ3n) is 5.86. The van der Waals surface area contributed by atoms with Crippen LogP contribution >= 0.6 is 0 Å². The number of halogens is 6. The molecule has 0 aliphatic carbocycles. The number of carbonyl (C=O) groups excluding carboxylic acids is 2. The highest BCUT2D eigenvalue weighted by Crippen LogP contribution is 2.40. The molecule has 3 aromatic rings. The van der Waals surface area contributed by atoms with Gasteiger partial charge < -0.3 is 4.74 Å². The van der Waals surface area contributed by atoms with Crippen LogP contribution in [0, 0.1) is 0 Å². The topological polar surface area (TPSA) is 59.5 Å². The molecule has 1 saturated heterocycles. The summed E-state index contributed by atoms with van der Waals surface area (Å²) in [6.07, 6.45) is -9.34. The third-order valence-corrected chi connectivity index (χ3v) is 5.86. The number of rotatable bonds is 4. The fourth-order valence-electron chi connectivity index (χ4n) is 4.14. The largest absolute Gasteiger partial charge is 0.439 e. The predicted molar refractivity (Wildman–Crippen MR) is 112 cm³/mol. The minimum Gasteiger partial charge on any atom is -0.439 e. The van der Waals surface area contributed by atoms with Gasteiger partial charge in [0.25, 0.3) is 0 Å². The SMILES string of the molecule is C[C@H]1[C@@H](c2cc(C(F)(F)F)cc(C(F)(F)F)c2)OC(=O)N1C(=O)CCc1cccc2ccncc12. The predicted octanol–water partition coefficient (Wildman–Crippen LogP) is 6.31. The van der Waals surface area contributed by atoms with Gasteiger partial charge >= 0.3 is 18.4 Å². The van der Waals surface area contributed by atoms with Gasteiger partial charge in [-0.15, -0.1) is 0 Å². The summed E-state index contributed by atoms with van der Waals surface area (Å²) in [5, 5.41) is 1.73. The number of carbonyl (C=O) groups is 2. The van der Waals surface area contributed by atoms with Crippen LogP contribution in [0.1, 0.15) is 41.7 Å². The monoisotopic (exact) mass is 496 g/mol. The Bertz CT molecular complexity index is 1250. The smallest absolute Gasteiger partial charge is 0.417 e. The summed E-state index contributed by atoms with van der Waals surface area (Å²) in [6, 6.07) is 7.15. The first-order valence-electron chi connectivity index (χ1n) is 10.5. The van der Waals surface area contributed by atoms with Gasteiger partial charge in [0.15, 0.2) is 0 Å². The Balaban J connectivity index is 1.57. The zero-order valence-corrected chi connectivity index (χ0v) is 18.2. The standard InChI is InChI=1S/C24H18F6N2O3/c1-13-21(16-9-17(23(25,26)27)11-18(10-16)24(28,29)30)35-22(34)32(13)20(33)6-5-14-3-2-4-15-7-8-31-12-19(14)15/h2-4,7-13,21H,5-6H2,1H3/t13-,21-/m0/s1. The summed E-state index contributed by atoms with van der Waals surface area (Å²) in [7, 11) is 0. The lowest BCUT2D eigenvalue weighted by atomic mass is 9.97. The first kappa shape index (κ1) is 24.5. The van der Waals surface area contributed by atoms with E-state index < -0.39 is 53.2 Å². The van der Waals surface area contributed by atoms with Crippen LogP contribution in [0.2, 0.25) is 0 Å². The number of amides is 2. The number of ether oxygens (including phenoxy) is 1. The second kappa shape index (κ2) is 8.86. The molecule has 2 atom stereocenters. The van der Waals surface area contributed by atoms with Gasteiger partial charge in [-0.2, -0.15) is 26.3 Å². The van der Waals surface area contributed by atoms with Crippen molar-refractivity contribution >= 4 is 22.8 Å². The molecule has 0 saturated carbocycles. The van der Waals surface area contributed by atoms with E-state index in [0.717, 1.165) is 21.2 Å². The molecule has 1 aromatic heterocycles. The number of alkyl halides is 6. The van der Waals surface area contributed by atoms with Crippen molar-refractivity contribution in [3.05, 3.63) is 77.1 Å². The molecule has 11 heteroatoms. The Morgan fingerprint density at radius 3 is 2.31 bits per heavy atom. The van der Waals surface area contributed by atoms with Crippen LogP contribution in [0.5, 0.6) is 0 Å². The molecule has 1 aliphatic heterocycles. The van der Waals surface area contributed by atoms with E-state index in [2.05, 4.69) is 4.98 Å². The van der Waals surface area contributed by atoms with Crippen molar-refractivity contribution in [3.8, 4) is 0 Å². The fraction of sp³-hybridized carbons (Fsp3) is 0.292. The Morgan fingerprint density at radius 1 is 1.03 bits per heavy atom. The fourth-order valence-corrected chi connectivity index (χ4v) is 4.14. The van der Waals surface area contributed by atoms with Gasteiger partial charge in [0.2, 0.25) is 5.91 Å². The minimum atomic E-state index is -5.05. The molecular formula is C24H18F6N2O3. The van der Waals surface area contributed by atoms with Gasteiger partial charge in [0.05, 0.1) is 17.2 Å². The number of fused-ring (bicyclic) bond motifs is 1. The lowest BCUT2D eigenvalue weighted by molar-refractivity contribution is -0.143. The first-order valence-corrected chi connectivity index (χ1v) is 10.5. The molecule has 4 rings (SSSR count). The van der Waals surface area contributed by atoms with E-state index in [1.54, 1.807) is 30.6 Å². The van der Waals surface area contributed by atoms with Crippen LogP contribution in [0.15, 0.2) is 54.9 Å². The normalized spacial score (nSPS) is 18.7. The Kier molecular flexibility index (Phi) is 6.20. The Hall–Kier alpha value is -3.63. The number of imide groups is 1. The average molecular weight is 496 g/mol. The second-order valence-electron chi connectivity index (χ2n) is 8.16. The molecule has 0 unspecified atom stereocenters. The number of hydrogen-bond donors (Lipinski definition) is 0. The summed E-state index contributed by atoms with van der Waals surface area (Å²) in [5.41, 5.74) is -2.75. The summed E-state index contributed by atoms with van der Waals surface area (Å²) in [6.45, 7) is 1.34. The summed E-state index contributed by atoms with van der Waals surface area (Å²) < 4.78 is 84.5. The third kappa shape index (κ3) is 4.94. The molecule has 2 amide bonds. The van der Waals surface area contributed by atoms with Crippen LogP contribution in [0.25, 0.3) is 10.8 Å². The highest BCUT2D eigenvalue weighted by molar-refractivity contribution is 5.94. The number of aromatic nitrogens is 1. The number of nitrogens with zero attached hydrogens (tertiary/aromatic N) is 2. The Morgan fingerprint density at radius 2 is 1.69 bits per heavy atom. The average Bonchev–Trinajstić information content (AvgIpc) is 3.09. The molecule has 2 aromatic carbocycles. The lowest BCUT2D eigenvalue weighted by Gasteiger charge is -2.21. The van der Waals surface area contributed by atoms with Gasteiger partial charge in [-0.3, -0.25) is 9.78 Å². The quantitative estimate of drug-likeness (QED) is 0.397. The number of cyclic esters (lactones) is 1. The van der Waals surface area contributed by atoms with Crippen molar-refractivity contribution in [2.24, 2.45) is 0 Å². The molecule has 1 aliphatic rings. The molecular weight excluding hydrogens is 478 g/mol. The highest BCUT2D eigenvalue weighted by atomic mass is 19.4. The van der Waals surface area contributed by atoms with E-state index >= 15 is 0 Å². The first-order chi connectivity index (χ1) is 16.4. The van der Waals surface area contributed by atoms with Crippen molar-refractivity contribution in [1.82, 2.24) is 9.88 Å². The van der Waals surface area contributed by atoms with Gasteiger partial charge in [0.1, 0.15) is 6.10 Å². The van der Waals surface area contributed by atoms with E-state index in [1.807, 2.05) is 6.07 Å². The molecule has 35 heavy (non-hydrogen) atoms. The molecule has 2 heterocycles. The minimum absolute atomic E-state index is 0.00704. The van der Waals surface area contributed by atoms with Crippen molar-refractivity contribution in [2.45, 2.75) is 44.3 Å². The van der Waals surface area contributed by atoms with Crippen LogP contribution in [-0.4, -0.2) is 27.9 Å². The second-order valence-corrected chi connectivity index (χ2v) is 8.16. The molecule has 5 nitrogen and oxygen atoms in total. The molecule has 0 spiro atoms. The van der Waals surface area contributed by atoms with E-state index in [1.165, 1.54) is 6.92 Å². The molecule has 184 valence electrons. The summed E-state index contributed by atoms with van der Waals surface area (Å²) in [5.74, 6) is -0.658. The maximum absolute atomic E-state index is 13.2. The van der Waals surface area contributed by atoms with Crippen LogP contribution in [-0.2, 0) is 28.3 Å². The molecule has 0 radical (unpaired) electrons.